The monoisotopic (exact) mass is 153 g/mol. The van der Waals surface area contributed by atoms with Crippen LogP contribution in [-0.4, -0.2) is 23.5 Å². The Bertz CT molecular complexity index is 155. The first kappa shape index (κ1) is 8.79. The Labute approximate surface area is 70.1 Å². The molecule has 0 N–H and O–H groups in total. The van der Waals surface area contributed by atoms with E-state index < -0.39 is 0 Å². The molecular weight excluding hydrogens is 134 g/mol. The molecule has 11 heavy (non-hydrogen) atoms. The maximum Gasteiger partial charge on any atom is 0.0304 e. The van der Waals surface area contributed by atoms with E-state index in [1.807, 2.05) is 6.08 Å². The molecule has 1 heteroatoms. The van der Waals surface area contributed by atoms with Crippen LogP contribution >= 0.6 is 0 Å². The highest BCUT2D eigenvalue weighted by molar-refractivity contribution is 5.07. The lowest BCUT2D eigenvalue weighted by molar-refractivity contribution is 0.340. The molecule has 1 aliphatic heterocycles. The Kier molecular flexibility index (Phi) is 2.10. The summed E-state index contributed by atoms with van der Waals surface area (Å²) in [5.74, 6) is 0. The van der Waals surface area contributed by atoms with E-state index in [1.165, 1.54) is 0 Å². The molecule has 1 saturated heterocycles. The highest BCUT2D eigenvalue weighted by Crippen LogP contribution is 2.40. The zero-order chi connectivity index (χ0) is 8.65. The highest BCUT2D eigenvalue weighted by atomic mass is 15.3. The van der Waals surface area contributed by atoms with E-state index in [9.17, 15) is 0 Å². The Morgan fingerprint density at radius 2 is 2.00 bits per heavy atom. The van der Waals surface area contributed by atoms with E-state index in [0.717, 1.165) is 18.6 Å². The third-order valence-electron chi connectivity index (χ3n) is 2.47. The molecule has 0 aromatic rings. The lowest BCUT2D eigenvalue weighted by Gasteiger charge is -2.17. The summed E-state index contributed by atoms with van der Waals surface area (Å²) in [6, 6.07) is 1.52. The van der Waals surface area contributed by atoms with Gasteiger partial charge in [-0.1, -0.05) is 26.8 Å². The quantitative estimate of drug-likeness (QED) is 0.434. The average molecular weight is 153 g/mol. The van der Waals surface area contributed by atoms with E-state index in [0.29, 0.717) is 5.41 Å². The lowest BCUT2D eigenvalue weighted by atomic mass is 9.90. The van der Waals surface area contributed by atoms with Crippen molar-refractivity contribution >= 4 is 0 Å². The molecule has 0 amide bonds. The standard InChI is InChI=1S/C10H19N/c1-6-7-11-8(2)9(11)10(3,4)5/h6,8-9H,1,7H2,2-5H3/t8-,9+,11?/m1/s1. The van der Waals surface area contributed by atoms with Gasteiger partial charge >= 0.3 is 0 Å². The first-order valence-electron chi connectivity index (χ1n) is 4.35. The summed E-state index contributed by atoms with van der Waals surface area (Å²) in [5.41, 5.74) is 0.433. The van der Waals surface area contributed by atoms with Crippen LogP contribution in [0.4, 0.5) is 0 Å². The summed E-state index contributed by atoms with van der Waals surface area (Å²) < 4.78 is 0. The SMILES string of the molecule is C=CCN1[C@H](C)[C@H]1C(C)(C)C. The largest absolute Gasteiger partial charge is 0.290 e. The van der Waals surface area contributed by atoms with Gasteiger partial charge < -0.3 is 0 Å². The molecule has 0 aromatic heterocycles. The third kappa shape index (κ3) is 1.64. The fourth-order valence-corrected chi connectivity index (χ4v) is 2.06. The predicted octanol–water partition coefficient (Wildman–Crippen LogP) is 2.29. The van der Waals surface area contributed by atoms with Crippen molar-refractivity contribution in [3.8, 4) is 0 Å². The molecule has 0 spiro atoms. The molecule has 0 saturated carbocycles. The molecule has 1 heterocycles. The number of hydrogen-bond donors (Lipinski definition) is 0. The second kappa shape index (κ2) is 2.63. The zero-order valence-electron chi connectivity index (χ0n) is 8.09. The fraction of sp³-hybridized carbons (Fsp3) is 0.800. The van der Waals surface area contributed by atoms with Crippen LogP contribution < -0.4 is 0 Å². The van der Waals surface area contributed by atoms with Gasteiger partial charge in [-0.15, -0.1) is 6.58 Å². The lowest BCUT2D eigenvalue weighted by Crippen LogP contribution is -2.19. The first-order valence-corrected chi connectivity index (χ1v) is 4.35. The van der Waals surface area contributed by atoms with Crippen LogP contribution in [0.1, 0.15) is 27.7 Å². The Morgan fingerprint density at radius 3 is 2.27 bits per heavy atom. The highest BCUT2D eigenvalue weighted by Gasteiger charge is 2.49. The molecular formula is C10H19N. The van der Waals surface area contributed by atoms with Gasteiger partial charge in [0.25, 0.3) is 0 Å². The normalized spacial score (nSPS) is 36.9. The first-order chi connectivity index (χ1) is 4.98. The van der Waals surface area contributed by atoms with Gasteiger partial charge in [0.15, 0.2) is 0 Å². The Morgan fingerprint density at radius 1 is 1.45 bits per heavy atom. The molecule has 1 nitrogen and oxygen atoms in total. The van der Waals surface area contributed by atoms with Crippen molar-refractivity contribution in [2.24, 2.45) is 5.41 Å². The van der Waals surface area contributed by atoms with Crippen LogP contribution in [-0.2, 0) is 0 Å². The number of rotatable bonds is 2. The molecule has 1 rings (SSSR count). The van der Waals surface area contributed by atoms with Gasteiger partial charge in [0.1, 0.15) is 0 Å². The van der Waals surface area contributed by atoms with Gasteiger partial charge in [-0.05, 0) is 12.3 Å². The predicted molar refractivity (Wildman–Crippen MR) is 49.6 cm³/mol. The molecule has 64 valence electrons. The van der Waals surface area contributed by atoms with Gasteiger partial charge in [0.05, 0.1) is 0 Å². The Hall–Kier alpha value is -0.300. The summed E-state index contributed by atoms with van der Waals surface area (Å²) in [6.07, 6.45) is 1.99. The third-order valence-corrected chi connectivity index (χ3v) is 2.47. The van der Waals surface area contributed by atoms with Crippen molar-refractivity contribution in [2.75, 3.05) is 6.54 Å². The summed E-state index contributed by atoms with van der Waals surface area (Å²) in [4.78, 5) is 2.48. The van der Waals surface area contributed by atoms with Crippen LogP contribution in [0, 0.1) is 5.41 Å². The van der Waals surface area contributed by atoms with E-state index in [2.05, 4.69) is 39.2 Å². The summed E-state index contributed by atoms with van der Waals surface area (Å²) in [6.45, 7) is 14.0. The van der Waals surface area contributed by atoms with Crippen molar-refractivity contribution in [3.05, 3.63) is 12.7 Å². The summed E-state index contributed by atoms with van der Waals surface area (Å²) in [5, 5.41) is 0. The van der Waals surface area contributed by atoms with Gasteiger partial charge in [-0.3, -0.25) is 4.90 Å². The minimum Gasteiger partial charge on any atom is -0.290 e. The van der Waals surface area contributed by atoms with Crippen molar-refractivity contribution in [2.45, 2.75) is 39.8 Å². The summed E-state index contributed by atoms with van der Waals surface area (Å²) in [7, 11) is 0. The second-order valence-electron chi connectivity index (χ2n) is 4.54. The molecule has 1 unspecified atom stereocenters. The van der Waals surface area contributed by atoms with E-state index in [1.54, 1.807) is 0 Å². The fourth-order valence-electron chi connectivity index (χ4n) is 2.06. The number of nitrogens with zero attached hydrogens (tertiary/aromatic N) is 1. The topological polar surface area (TPSA) is 3.01 Å². The Balaban J connectivity index is 2.47. The number of hydrogen-bond acceptors (Lipinski definition) is 1. The van der Waals surface area contributed by atoms with Gasteiger partial charge in [0.2, 0.25) is 0 Å². The van der Waals surface area contributed by atoms with Crippen LogP contribution in [0.2, 0.25) is 0 Å². The van der Waals surface area contributed by atoms with Crippen molar-refractivity contribution in [1.29, 1.82) is 0 Å². The van der Waals surface area contributed by atoms with Crippen LogP contribution in [0.25, 0.3) is 0 Å². The smallest absolute Gasteiger partial charge is 0.0304 e. The molecule has 0 aromatic carbocycles. The molecule has 3 atom stereocenters. The summed E-state index contributed by atoms with van der Waals surface area (Å²) >= 11 is 0. The van der Waals surface area contributed by atoms with Gasteiger partial charge in [-0.2, -0.15) is 0 Å². The van der Waals surface area contributed by atoms with Crippen LogP contribution in [0.5, 0.6) is 0 Å². The van der Waals surface area contributed by atoms with Crippen LogP contribution in [0.3, 0.4) is 0 Å². The van der Waals surface area contributed by atoms with Crippen molar-refractivity contribution in [1.82, 2.24) is 4.90 Å². The molecule has 0 bridgehead atoms. The van der Waals surface area contributed by atoms with Crippen molar-refractivity contribution < 1.29 is 0 Å². The minimum absolute atomic E-state index is 0.433. The molecule has 0 aliphatic carbocycles. The van der Waals surface area contributed by atoms with Crippen molar-refractivity contribution in [3.63, 3.8) is 0 Å². The van der Waals surface area contributed by atoms with Gasteiger partial charge in [-0.25, -0.2) is 0 Å². The molecule has 0 radical (unpaired) electrons. The zero-order valence-corrected chi connectivity index (χ0v) is 8.09. The molecule has 1 aliphatic rings. The molecule has 1 fully saturated rings. The van der Waals surface area contributed by atoms with E-state index in [4.69, 9.17) is 0 Å². The van der Waals surface area contributed by atoms with E-state index in [-0.39, 0.29) is 0 Å². The minimum atomic E-state index is 0.433. The maximum absolute atomic E-state index is 3.75. The second-order valence-corrected chi connectivity index (χ2v) is 4.54. The maximum atomic E-state index is 3.75. The average Bonchev–Trinajstić information content (AvgIpc) is 2.41. The van der Waals surface area contributed by atoms with Gasteiger partial charge in [0, 0.05) is 18.6 Å². The van der Waals surface area contributed by atoms with E-state index >= 15 is 0 Å². The van der Waals surface area contributed by atoms with Crippen LogP contribution in [0.15, 0.2) is 12.7 Å².